The Morgan fingerprint density at radius 1 is 1.45 bits per heavy atom. The Morgan fingerprint density at radius 3 is 3.05 bits per heavy atom. The van der Waals surface area contributed by atoms with Crippen molar-refractivity contribution in [3.8, 4) is 0 Å². The predicted octanol–water partition coefficient (Wildman–Crippen LogP) is 1.72. The van der Waals surface area contributed by atoms with Gasteiger partial charge in [-0.15, -0.1) is 0 Å². The van der Waals surface area contributed by atoms with E-state index in [1.807, 2.05) is 17.8 Å². The molecule has 2 aliphatic rings. The summed E-state index contributed by atoms with van der Waals surface area (Å²) in [7, 11) is 1.95. The largest absolute Gasteiger partial charge is 0.368 e. The van der Waals surface area contributed by atoms with Crippen molar-refractivity contribution in [2.45, 2.75) is 37.8 Å². The zero-order chi connectivity index (χ0) is 13.9. The van der Waals surface area contributed by atoms with E-state index < -0.39 is 0 Å². The Hall–Kier alpha value is -1.62. The molecular weight excluding hydrogens is 254 g/mol. The number of carbonyl (C=O) groups excluding carboxylic acids is 1. The maximum atomic E-state index is 12.3. The number of nitrogens with zero attached hydrogens (tertiary/aromatic N) is 2. The maximum Gasteiger partial charge on any atom is 0.223 e. The van der Waals surface area contributed by atoms with Crippen LogP contribution in [-0.4, -0.2) is 28.1 Å². The van der Waals surface area contributed by atoms with Crippen LogP contribution in [0, 0.1) is 5.92 Å². The van der Waals surface area contributed by atoms with Crippen molar-refractivity contribution < 1.29 is 9.53 Å². The average Bonchev–Trinajstić information content (AvgIpc) is 3.08. The van der Waals surface area contributed by atoms with Crippen molar-refractivity contribution in [1.29, 1.82) is 0 Å². The fraction of sp³-hybridized carbons (Fsp3) is 0.600. The molecule has 1 fully saturated rings. The van der Waals surface area contributed by atoms with Gasteiger partial charge >= 0.3 is 0 Å². The Labute approximate surface area is 119 Å². The lowest BCUT2D eigenvalue weighted by Gasteiger charge is -2.23. The summed E-state index contributed by atoms with van der Waals surface area (Å²) >= 11 is 0. The zero-order valence-electron chi connectivity index (χ0n) is 11.8. The number of allylic oxidation sites excluding steroid dienone is 2. The van der Waals surface area contributed by atoms with Gasteiger partial charge in [-0.3, -0.25) is 4.79 Å². The third-order valence-corrected chi connectivity index (χ3v) is 4.17. The Morgan fingerprint density at radius 2 is 2.35 bits per heavy atom. The Bertz CT molecular complexity index is 509. The summed E-state index contributed by atoms with van der Waals surface area (Å²) in [5, 5.41) is 3.16. The number of aromatic nitrogens is 2. The van der Waals surface area contributed by atoms with Gasteiger partial charge in [-0.1, -0.05) is 12.2 Å². The fourth-order valence-corrected chi connectivity index (χ4v) is 2.98. The van der Waals surface area contributed by atoms with Gasteiger partial charge in [0.05, 0.1) is 6.04 Å². The van der Waals surface area contributed by atoms with E-state index in [9.17, 15) is 4.79 Å². The number of rotatable bonds is 3. The Kier molecular flexibility index (Phi) is 3.87. The molecule has 1 aliphatic carbocycles. The monoisotopic (exact) mass is 275 g/mol. The van der Waals surface area contributed by atoms with Gasteiger partial charge < -0.3 is 14.6 Å². The first-order valence-electron chi connectivity index (χ1n) is 7.30. The molecule has 5 nitrogen and oxygen atoms in total. The van der Waals surface area contributed by atoms with Crippen molar-refractivity contribution in [3.05, 3.63) is 30.4 Å². The number of amides is 1. The van der Waals surface area contributed by atoms with Gasteiger partial charge in [0.15, 0.2) is 0 Å². The third-order valence-electron chi connectivity index (χ3n) is 4.17. The molecule has 20 heavy (non-hydrogen) atoms. The first-order chi connectivity index (χ1) is 9.75. The van der Waals surface area contributed by atoms with Crippen LogP contribution in [0.2, 0.25) is 0 Å². The van der Waals surface area contributed by atoms with E-state index in [4.69, 9.17) is 4.74 Å². The molecule has 108 valence electrons. The van der Waals surface area contributed by atoms with E-state index in [0.717, 1.165) is 31.5 Å². The summed E-state index contributed by atoms with van der Waals surface area (Å²) in [6.07, 6.45) is 11.5. The molecule has 1 N–H and O–H groups in total. The number of ether oxygens (including phenoxy) is 1. The van der Waals surface area contributed by atoms with E-state index in [1.54, 1.807) is 6.20 Å². The second-order valence-electron chi connectivity index (χ2n) is 5.57. The zero-order valence-corrected chi connectivity index (χ0v) is 11.8. The normalized spacial score (nSPS) is 29.6. The molecule has 1 aromatic rings. The number of hydrogen-bond acceptors (Lipinski definition) is 3. The van der Waals surface area contributed by atoms with Crippen LogP contribution in [-0.2, 0) is 16.6 Å². The average molecular weight is 275 g/mol. The van der Waals surface area contributed by atoms with Crippen LogP contribution in [0.1, 0.15) is 37.6 Å². The molecule has 0 aromatic carbocycles. The minimum Gasteiger partial charge on any atom is -0.368 e. The number of aryl methyl sites for hydroxylation is 1. The number of imidazole rings is 1. The molecule has 0 unspecified atom stereocenters. The molecule has 2 heterocycles. The molecule has 3 rings (SSSR count). The van der Waals surface area contributed by atoms with Gasteiger partial charge in [0.2, 0.25) is 5.91 Å². The summed E-state index contributed by atoms with van der Waals surface area (Å²) in [6, 6.07) is 0.0366. The van der Waals surface area contributed by atoms with E-state index >= 15 is 0 Å². The molecule has 0 bridgehead atoms. The topological polar surface area (TPSA) is 56.1 Å². The van der Waals surface area contributed by atoms with Crippen LogP contribution in [0.4, 0.5) is 0 Å². The van der Waals surface area contributed by atoms with E-state index in [-0.39, 0.29) is 24.0 Å². The first-order valence-corrected chi connectivity index (χ1v) is 7.30. The second kappa shape index (κ2) is 5.79. The van der Waals surface area contributed by atoms with Crippen molar-refractivity contribution in [2.75, 3.05) is 6.61 Å². The standard InChI is InChI=1S/C15H21N3O2/c1-18-9-8-16-14(18)13-12(7-10-20-13)17-15(19)11-5-3-2-4-6-11/h2-3,8-9,11-13H,4-7,10H2,1H3,(H,17,19)/t11-,12-,13-/m0/s1. The summed E-state index contributed by atoms with van der Waals surface area (Å²) in [5.74, 6) is 1.16. The van der Waals surface area contributed by atoms with E-state index in [2.05, 4.69) is 22.5 Å². The van der Waals surface area contributed by atoms with Crippen LogP contribution in [0.3, 0.4) is 0 Å². The van der Waals surface area contributed by atoms with Crippen molar-refractivity contribution in [3.63, 3.8) is 0 Å². The summed E-state index contributed by atoms with van der Waals surface area (Å²) in [4.78, 5) is 16.7. The highest BCUT2D eigenvalue weighted by atomic mass is 16.5. The number of nitrogens with one attached hydrogen (secondary N) is 1. The van der Waals surface area contributed by atoms with Crippen LogP contribution in [0.5, 0.6) is 0 Å². The lowest BCUT2D eigenvalue weighted by atomic mass is 9.93. The highest BCUT2D eigenvalue weighted by Gasteiger charge is 2.34. The smallest absolute Gasteiger partial charge is 0.223 e. The molecule has 1 saturated heterocycles. The third kappa shape index (κ3) is 2.63. The van der Waals surface area contributed by atoms with Crippen LogP contribution < -0.4 is 5.32 Å². The van der Waals surface area contributed by atoms with E-state index in [0.29, 0.717) is 6.61 Å². The van der Waals surface area contributed by atoms with Crippen LogP contribution in [0.25, 0.3) is 0 Å². The maximum absolute atomic E-state index is 12.3. The molecule has 3 atom stereocenters. The van der Waals surface area contributed by atoms with Gasteiger partial charge in [-0.25, -0.2) is 4.98 Å². The summed E-state index contributed by atoms with van der Waals surface area (Å²) in [6.45, 7) is 0.674. The molecule has 1 aliphatic heterocycles. The molecule has 5 heteroatoms. The highest BCUT2D eigenvalue weighted by molar-refractivity contribution is 5.79. The van der Waals surface area contributed by atoms with Crippen molar-refractivity contribution >= 4 is 5.91 Å². The van der Waals surface area contributed by atoms with Gasteiger partial charge in [0.1, 0.15) is 11.9 Å². The number of carbonyl (C=O) groups is 1. The first kappa shape index (κ1) is 13.4. The molecule has 1 aromatic heterocycles. The predicted molar refractivity (Wildman–Crippen MR) is 74.9 cm³/mol. The van der Waals surface area contributed by atoms with Crippen molar-refractivity contribution in [1.82, 2.24) is 14.9 Å². The van der Waals surface area contributed by atoms with Gasteiger partial charge in [-0.2, -0.15) is 0 Å². The fourth-order valence-electron chi connectivity index (χ4n) is 2.98. The van der Waals surface area contributed by atoms with Crippen LogP contribution >= 0.6 is 0 Å². The quantitative estimate of drug-likeness (QED) is 0.855. The van der Waals surface area contributed by atoms with Gasteiger partial charge in [-0.05, 0) is 25.7 Å². The van der Waals surface area contributed by atoms with Crippen molar-refractivity contribution in [2.24, 2.45) is 13.0 Å². The minimum atomic E-state index is -0.127. The summed E-state index contributed by atoms with van der Waals surface area (Å²) in [5.41, 5.74) is 0. The lowest BCUT2D eigenvalue weighted by Crippen LogP contribution is -2.41. The SMILES string of the molecule is Cn1ccnc1[C@H]1OCC[C@@H]1NC(=O)[C@H]1CC=CCC1. The molecule has 0 spiro atoms. The Balaban J connectivity index is 1.65. The molecule has 1 amide bonds. The molecule has 0 radical (unpaired) electrons. The molecule has 0 saturated carbocycles. The van der Waals surface area contributed by atoms with Gasteiger partial charge in [0, 0.05) is 32.0 Å². The molecular formula is C15H21N3O2. The van der Waals surface area contributed by atoms with Gasteiger partial charge in [0.25, 0.3) is 0 Å². The lowest BCUT2D eigenvalue weighted by molar-refractivity contribution is -0.126. The second-order valence-corrected chi connectivity index (χ2v) is 5.57. The number of hydrogen-bond donors (Lipinski definition) is 1. The minimum absolute atomic E-state index is 0.0366. The van der Waals surface area contributed by atoms with Crippen LogP contribution in [0.15, 0.2) is 24.5 Å². The summed E-state index contributed by atoms with van der Waals surface area (Å²) < 4.78 is 7.72. The van der Waals surface area contributed by atoms with E-state index in [1.165, 1.54) is 0 Å². The highest BCUT2D eigenvalue weighted by Crippen LogP contribution is 2.28.